The van der Waals surface area contributed by atoms with Gasteiger partial charge in [0, 0.05) is 44.5 Å². The number of aromatic nitrogens is 1. The highest BCUT2D eigenvalue weighted by Gasteiger charge is 2.21. The largest absolute Gasteiger partial charge is 0.456 e. The average Bonchev–Trinajstić information content (AvgIpc) is 3.59. The van der Waals surface area contributed by atoms with Crippen LogP contribution in [0.15, 0.2) is 200 Å². The molecule has 3 nitrogen and oxygen atoms in total. The molecule has 0 spiro atoms. The summed E-state index contributed by atoms with van der Waals surface area (Å²) in [5.74, 6) is 1.51. The van der Waals surface area contributed by atoms with Crippen molar-refractivity contribution in [2.24, 2.45) is 0 Å². The smallest absolute Gasteiger partial charge is 0.135 e. The van der Waals surface area contributed by atoms with E-state index in [9.17, 15) is 4.39 Å². The zero-order valence-electron chi connectivity index (χ0n) is 30.2. The lowest BCUT2D eigenvalue weighted by Gasteiger charge is -2.26. The van der Waals surface area contributed by atoms with Gasteiger partial charge in [-0.15, -0.1) is 0 Å². The zero-order chi connectivity index (χ0) is 37.2. The molecule has 0 fully saturated rings. The van der Waals surface area contributed by atoms with Gasteiger partial charge in [-0.1, -0.05) is 109 Å². The molecule has 11 rings (SSSR count). The molecule has 1 aliphatic rings. The topological polar surface area (TPSA) is 17.4 Å². The van der Waals surface area contributed by atoms with E-state index in [1.807, 2.05) is 18.2 Å². The number of rotatable bonds is 6. The van der Waals surface area contributed by atoms with Crippen LogP contribution in [-0.2, 0) is 0 Å². The van der Waals surface area contributed by atoms with Crippen molar-refractivity contribution in [2.75, 3.05) is 4.90 Å². The Balaban J connectivity index is 1.02. The molecule has 0 saturated carbocycles. The lowest BCUT2D eigenvalue weighted by Crippen LogP contribution is -2.10. The maximum Gasteiger partial charge on any atom is 0.135 e. The minimum absolute atomic E-state index is 0.250. The Labute approximate surface area is 323 Å². The maximum absolute atomic E-state index is 14.0. The van der Waals surface area contributed by atoms with Crippen molar-refractivity contribution in [1.82, 2.24) is 4.57 Å². The van der Waals surface area contributed by atoms with E-state index in [4.69, 9.17) is 4.74 Å². The molecule has 1 aromatic heterocycles. The van der Waals surface area contributed by atoms with Crippen LogP contribution >= 0.6 is 0 Å². The fourth-order valence-electron chi connectivity index (χ4n) is 8.40. The van der Waals surface area contributed by atoms with Crippen LogP contribution in [0.25, 0.3) is 71.6 Å². The van der Waals surface area contributed by atoms with Crippen LogP contribution in [0.4, 0.5) is 21.5 Å². The quantitative estimate of drug-likeness (QED) is 0.170. The number of hydrogen-bond donors (Lipinski definition) is 0. The normalized spacial score (nSPS) is 11.8. The number of anilines is 3. The molecule has 0 radical (unpaired) electrons. The first kappa shape index (κ1) is 32.0. The molecule has 0 unspecified atom stereocenters. The average molecular weight is 721 g/mol. The molecule has 56 heavy (non-hydrogen) atoms. The van der Waals surface area contributed by atoms with E-state index in [1.54, 1.807) is 0 Å². The fourth-order valence-corrected chi connectivity index (χ4v) is 8.40. The molecule has 0 atom stereocenters. The molecule has 2 heterocycles. The first-order valence-corrected chi connectivity index (χ1v) is 18.9. The van der Waals surface area contributed by atoms with Gasteiger partial charge in [-0.2, -0.15) is 0 Å². The Morgan fingerprint density at radius 1 is 0.411 bits per heavy atom. The molecule has 9 aromatic carbocycles. The van der Waals surface area contributed by atoms with E-state index in [2.05, 4.69) is 179 Å². The summed E-state index contributed by atoms with van der Waals surface area (Å²) < 4.78 is 22.7. The van der Waals surface area contributed by atoms with Gasteiger partial charge in [0.15, 0.2) is 0 Å². The van der Waals surface area contributed by atoms with E-state index in [0.717, 1.165) is 83.7 Å². The van der Waals surface area contributed by atoms with Crippen molar-refractivity contribution in [1.29, 1.82) is 0 Å². The number of hydrogen-bond acceptors (Lipinski definition) is 2. The summed E-state index contributed by atoms with van der Waals surface area (Å²) in [5, 5.41) is 4.60. The van der Waals surface area contributed by atoms with Crippen molar-refractivity contribution < 1.29 is 9.13 Å². The van der Waals surface area contributed by atoms with Gasteiger partial charge in [0.05, 0.1) is 11.0 Å². The second kappa shape index (κ2) is 12.9. The summed E-state index contributed by atoms with van der Waals surface area (Å²) in [6.07, 6.45) is 0. The summed E-state index contributed by atoms with van der Waals surface area (Å²) in [4.78, 5) is 2.32. The Morgan fingerprint density at radius 2 is 1.04 bits per heavy atom. The summed E-state index contributed by atoms with van der Waals surface area (Å²) in [5.41, 5.74) is 13.0. The first-order valence-electron chi connectivity index (χ1n) is 18.9. The molecule has 0 saturated heterocycles. The third-order valence-electron chi connectivity index (χ3n) is 11.0. The Morgan fingerprint density at radius 3 is 1.80 bits per heavy atom. The minimum atomic E-state index is -0.250. The molecule has 0 aliphatic carbocycles. The van der Waals surface area contributed by atoms with Crippen molar-refractivity contribution in [3.63, 3.8) is 0 Å². The lowest BCUT2D eigenvalue weighted by molar-refractivity contribution is 0.487. The van der Waals surface area contributed by atoms with Crippen LogP contribution in [0.2, 0.25) is 0 Å². The Kier molecular flexibility index (Phi) is 7.36. The number of nitrogens with zero attached hydrogens (tertiary/aromatic N) is 2. The molecular formula is C52H33FN2O. The molecule has 0 bridgehead atoms. The predicted molar refractivity (Wildman–Crippen MR) is 229 cm³/mol. The number of ether oxygens (including phenoxy) is 1. The Hall–Kier alpha value is -7.43. The molecule has 0 amide bonds. The van der Waals surface area contributed by atoms with Crippen LogP contribution in [0.5, 0.6) is 11.5 Å². The highest BCUT2D eigenvalue weighted by molar-refractivity contribution is 6.11. The van der Waals surface area contributed by atoms with E-state index in [1.165, 1.54) is 28.6 Å². The molecule has 10 aromatic rings. The van der Waals surface area contributed by atoms with E-state index in [-0.39, 0.29) is 5.82 Å². The van der Waals surface area contributed by atoms with Gasteiger partial charge < -0.3 is 14.2 Å². The zero-order valence-corrected chi connectivity index (χ0v) is 30.2. The Bertz CT molecular complexity index is 3090. The molecule has 264 valence electrons. The second-order valence-electron chi connectivity index (χ2n) is 14.3. The SMILES string of the molecule is Fc1ccc(-n2c3ccccc3c3cc(N(c4ccc(-c5ccccc5)cc4)c4ccc(-c5ccc6c(c5)Oc5cccc7cccc-6c57)cc4)ccc32)cc1. The highest BCUT2D eigenvalue weighted by Crippen LogP contribution is 2.48. The van der Waals surface area contributed by atoms with Crippen molar-refractivity contribution >= 4 is 49.6 Å². The van der Waals surface area contributed by atoms with Gasteiger partial charge in [0.1, 0.15) is 17.3 Å². The van der Waals surface area contributed by atoms with Crippen molar-refractivity contribution in [2.45, 2.75) is 0 Å². The van der Waals surface area contributed by atoms with Crippen LogP contribution in [0.3, 0.4) is 0 Å². The summed E-state index contributed by atoms with van der Waals surface area (Å²) in [6, 6.07) is 69.0. The third-order valence-corrected chi connectivity index (χ3v) is 11.0. The number of benzene rings is 9. The van der Waals surface area contributed by atoms with Crippen molar-refractivity contribution in [3.05, 3.63) is 206 Å². The van der Waals surface area contributed by atoms with Gasteiger partial charge in [-0.25, -0.2) is 4.39 Å². The predicted octanol–water partition coefficient (Wildman–Crippen LogP) is 14.7. The van der Waals surface area contributed by atoms with Crippen LogP contribution in [0, 0.1) is 5.82 Å². The highest BCUT2D eigenvalue weighted by atomic mass is 19.1. The van der Waals surface area contributed by atoms with Crippen LogP contribution in [-0.4, -0.2) is 4.57 Å². The van der Waals surface area contributed by atoms with Crippen LogP contribution < -0.4 is 9.64 Å². The number of halogens is 1. The molecule has 4 heteroatoms. The fraction of sp³-hybridized carbons (Fsp3) is 0. The third kappa shape index (κ3) is 5.26. The maximum atomic E-state index is 14.0. The lowest BCUT2D eigenvalue weighted by atomic mass is 9.93. The van der Waals surface area contributed by atoms with Gasteiger partial charge in [-0.3, -0.25) is 0 Å². The van der Waals surface area contributed by atoms with Gasteiger partial charge >= 0.3 is 0 Å². The second-order valence-corrected chi connectivity index (χ2v) is 14.3. The molecular weight excluding hydrogens is 688 g/mol. The monoisotopic (exact) mass is 720 g/mol. The molecule has 0 N–H and O–H groups in total. The van der Waals surface area contributed by atoms with Gasteiger partial charge in [0.2, 0.25) is 0 Å². The summed E-state index contributed by atoms with van der Waals surface area (Å²) >= 11 is 0. The van der Waals surface area contributed by atoms with E-state index < -0.39 is 0 Å². The summed E-state index contributed by atoms with van der Waals surface area (Å²) in [7, 11) is 0. The van der Waals surface area contributed by atoms with Crippen molar-refractivity contribution in [3.8, 4) is 50.6 Å². The minimum Gasteiger partial charge on any atom is -0.456 e. The van der Waals surface area contributed by atoms with E-state index in [0.29, 0.717) is 0 Å². The molecule has 1 aliphatic heterocycles. The summed E-state index contributed by atoms with van der Waals surface area (Å²) in [6.45, 7) is 0. The van der Waals surface area contributed by atoms with Crippen LogP contribution in [0.1, 0.15) is 0 Å². The first-order chi connectivity index (χ1) is 27.7. The standard InChI is InChI=1S/C52H33FN2O/c53-39-21-27-42(28-22-39)55-48-14-5-4-12-44(48)47-33-43(29-31-49(47)55)54(40-23-16-35(17-24-40)34-8-2-1-3-9-34)41-25-18-36(19-26-41)38-20-30-45-46-13-6-10-37-11-7-15-50(52(37)46)56-51(45)32-38/h1-33H. The number of fused-ring (bicyclic) bond motifs is 5. The van der Waals surface area contributed by atoms with Gasteiger partial charge in [-0.05, 0) is 124 Å². The number of para-hydroxylation sites is 1. The van der Waals surface area contributed by atoms with E-state index >= 15 is 0 Å². The van der Waals surface area contributed by atoms with Gasteiger partial charge in [0.25, 0.3) is 0 Å².